The SMILES string of the molecule is B[C@@H]1C(=C)[C@H](COB[C@@H]2O[C@H](COB[C@@H]3O[C@](F)(CO)[C@@H](O)[C@H]3O)[C@](C)(O)[C@H]2O)[C@@H](O)[C@@]1(C)O. The van der Waals surface area contributed by atoms with Crippen LogP contribution in [0.1, 0.15) is 13.8 Å². The van der Waals surface area contributed by atoms with Gasteiger partial charge in [-0.05, 0) is 19.7 Å². The van der Waals surface area contributed by atoms with Crippen LogP contribution >= 0.6 is 0 Å². The van der Waals surface area contributed by atoms with E-state index < -0.39 is 72.1 Å². The van der Waals surface area contributed by atoms with Gasteiger partial charge in [-0.3, -0.25) is 0 Å². The molecule has 0 spiro atoms. The molecule has 2 heterocycles. The Morgan fingerprint density at radius 2 is 1.59 bits per heavy atom. The summed E-state index contributed by atoms with van der Waals surface area (Å²) in [5.74, 6) is -3.63. The van der Waals surface area contributed by atoms with E-state index in [9.17, 15) is 35.0 Å². The van der Waals surface area contributed by atoms with E-state index in [-0.39, 0.29) is 34.0 Å². The first-order valence-corrected chi connectivity index (χ1v) is 11.3. The van der Waals surface area contributed by atoms with Crippen molar-refractivity contribution < 1.29 is 58.9 Å². The van der Waals surface area contributed by atoms with Gasteiger partial charge in [0.2, 0.25) is 0 Å². The maximum absolute atomic E-state index is 14.1. The molecule has 34 heavy (non-hydrogen) atoms. The molecule has 7 N–H and O–H groups in total. The third-order valence-electron chi connectivity index (χ3n) is 7.67. The molecule has 192 valence electrons. The summed E-state index contributed by atoms with van der Waals surface area (Å²) in [4.78, 5) is 0. The van der Waals surface area contributed by atoms with Crippen LogP contribution < -0.4 is 0 Å². The number of rotatable bonds is 9. The summed E-state index contributed by atoms with van der Waals surface area (Å²) in [5, 5.41) is 70.6. The predicted octanol–water partition coefficient (Wildman–Crippen LogP) is -4.98. The zero-order chi connectivity index (χ0) is 25.6. The van der Waals surface area contributed by atoms with Gasteiger partial charge in [0.25, 0.3) is 5.85 Å². The Kier molecular flexibility index (Phi) is 8.28. The molecule has 3 aliphatic rings. The molecule has 3 fully saturated rings. The summed E-state index contributed by atoms with van der Waals surface area (Å²) in [7, 11) is 1.29. The topological polar surface area (TPSA) is 179 Å². The Labute approximate surface area is 199 Å². The first-order valence-electron chi connectivity index (χ1n) is 11.3. The average molecular weight is 490 g/mol. The second-order valence-electron chi connectivity index (χ2n) is 10.0. The number of hydrogen-bond donors (Lipinski definition) is 7. The number of aliphatic hydroxyl groups is 7. The van der Waals surface area contributed by atoms with Gasteiger partial charge >= 0.3 is 15.0 Å². The second kappa shape index (κ2) is 10.1. The van der Waals surface area contributed by atoms with Crippen LogP contribution in [0.2, 0.25) is 5.82 Å². The van der Waals surface area contributed by atoms with E-state index in [1.54, 1.807) is 7.85 Å². The molecule has 15 heteroatoms. The van der Waals surface area contributed by atoms with Crippen LogP contribution in [0.4, 0.5) is 4.39 Å². The monoisotopic (exact) mass is 490 g/mol. The summed E-state index contributed by atoms with van der Waals surface area (Å²) in [6.45, 7) is 5.47. The van der Waals surface area contributed by atoms with E-state index in [0.29, 0.717) is 5.57 Å². The summed E-state index contributed by atoms with van der Waals surface area (Å²) in [6, 6.07) is -2.18. The van der Waals surface area contributed by atoms with Gasteiger partial charge in [0.05, 0.1) is 30.3 Å². The molecule has 3 rings (SSSR count). The van der Waals surface area contributed by atoms with Crippen LogP contribution in [-0.4, -0.2) is 138 Å². The molecule has 0 radical (unpaired) electrons. The smallest absolute Gasteiger partial charge is 0.307 e. The van der Waals surface area contributed by atoms with Crippen molar-refractivity contribution >= 4 is 22.8 Å². The maximum atomic E-state index is 14.1. The Morgan fingerprint density at radius 1 is 1.00 bits per heavy atom. The first kappa shape index (κ1) is 28.0. The molecule has 0 bridgehead atoms. The van der Waals surface area contributed by atoms with Crippen molar-refractivity contribution in [2.45, 2.75) is 79.2 Å². The van der Waals surface area contributed by atoms with Crippen LogP contribution in [0, 0.1) is 5.92 Å². The lowest BCUT2D eigenvalue weighted by Gasteiger charge is -2.27. The van der Waals surface area contributed by atoms with Crippen LogP contribution in [0.5, 0.6) is 0 Å². The normalized spacial score (nSPS) is 51.2. The van der Waals surface area contributed by atoms with Crippen LogP contribution in [0.3, 0.4) is 0 Å². The highest BCUT2D eigenvalue weighted by molar-refractivity contribution is 6.30. The van der Waals surface area contributed by atoms with Crippen molar-refractivity contribution in [3.05, 3.63) is 12.2 Å². The molecule has 12 atom stereocenters. The maximum Gasteiger partial charge on any atom is 0.307 e. The van der Waals surface area contributed by atoms with Gasteiger partial charge in [-0.2, -0.15) is 0 Å². The number of alkyl halides is 1. The largest absolute Gasteiger partial charge is 0.436 e. The Hall–Kier alpha value is -0.575. The minimum Gasteiger partial charge on any atom is -0.436 e. The van der Waals surface area contributed by atoms with Gasteiger partial charge in [0.1, 0.15) is 44.5 Å². The lowest BCUT2D eigenvalue weighted by atomic mass is 9.74. The molecule has 0 unspecified atom stereocenters. The van der Waals surface area contributed by atoms with Gasteiger partial charge in [-0.15, -0.1) is 0 Å². The molecular weight excluding hydrogens is 456 g/mol. The summed E-state index contributed by atoms with van der Waals surface area (Å²) in [5.41, 5.74) is -2.39. The molecule has 0 aromatic carbocycles. The van der Waals surface area contributed by atoms with E-state index in [0.717, 1.165) is 0 Å². The van der Waals surface area contributed by atoms with E-state index in [4.69, 9.17) is 23.9 Å². The highest BCUT2D eigenvalue weighted by Gasteiger charge is 2.56. The average Bonchev–Trinajstić information content (AvgIpc) is 3.20. The summed E-state index contributed by atoms with van der Waals surface area (Å²) >= 11 is 0. The molecule has 0 aromatic heterocycles. The van der Waals surface area contributed by atoms with Crippen molar-refractivity contribution in [3.8, 4) is 0 Å². The zero-order valence-electron chi connectivity index (χ0n) is 19.6. The molecule has 2 saturated heterocycles. The third-order valence-corrected chi connectivity index (χ3v) is 7.67. The summed E-state index contributed by atoms with van der Waals surface area (Å²) in [6.07, 6.45) is -6.96. The van der Waals surface area contributed by atoms with Crippen molar-refractivity contribution in [1.29, 1.82) is 0 Å². The molecular formula is C19H34B3FO11. The molecule has 1 aliphatic carbocycles. The predicted molar refractivity (Wildman–Crippen MR) is 121 cm³/mol. The highest BCUT2D eigenvalue weighted by Crippen LogP contribution is 2.45. The van der Waals surface area contributed by atoms with Gasteiger partial charge in [0.15, 0.2) is 0 Å². The quantitative estimate of drug-likeness (QED) is 0.122. The Balaban J connectivity index is 1.48. The van der Waals surface area contributed by atoms with Crippen molar-refractivity contribution in [2.75, 3.05) is 19.8 Å². The van der Waals surface area contributed by atoms with Gasteiger partial charge in [0, 0.05) is 12.5 Å². The highest BCUT2D eigenvalue weighted by atomic mass is 19.2. The van der Waals surface area contributed by atoms with E-state index in [1.165, 1.54) is 13.8 Å². The summed E-state index contributed by atoms with van der Waals surface area (Å²) < 4.78 is 35.7. The van der Waals surface area contributed by atoms with Crippen molar-refractivity contribution in [2.24, 2.45) is 5.92 Å². The number of hydrogen-bond acceptors (Lipinski definition) is 11. The molecule has 11 nitrogen and oxygen atoms in total. The minimum absolute atomic E-state index is 0.0332. The van der Waals surface area contributed by atoms with Gasteiger partial charge < -0.3 is 54.5 Å². The fourth-order valence-corrected chi connectivity index (χ4v) is 4.80. The lowest BCUT2D eigenvalue weighted by Crippen LogP contribution is -2.48. The minimum atomic E-state index is -2.80. The zero-order valence-corrected chi connectivity index (χ0v) is 19.6. The lowest BCUT2D eigenvalue weighted by molar-refractivity contribution is -0.188. The number of ether oxygens (including phenoxy) is 2. The van der Waals surface area contributed by atoms with E-state index >= 15 is 0 Å². The standard InChI is InChI=1S/C19H34B3FO11/c1-7-8(12(26)18(3,30)11(7)20)4-31-22-16-14(28)17(2,29)9(33-16)5-32-21-15-10(25)13(27)19(23,6-24)34-15/h8-16,21-22,24-30H,1,4-6,20H2,2-3H3/t8-,9+,10+,11+,12+,13-,14-,15+,16+,17-,18-,19+/m0/s1. The Bertz CT molecular complexity index is 746. The fourth-order valence-electron chi connectivity index (χ4n) is 4.80. The molecule has 2 aliphatic heterocycles. The molecule has 0 aromatic rings. The van der Waals surface area contributed by atoms with Crippen LogP contribution in [0.25, 0.3) is 0 Å². The second-order valence-corrected chi connectivity index (χ2v) is 10.0. The third kappa shape index (κ3) is 4.85. The number of halogens is 1. The van der Waals surface area contributed by atoms with Crippen molar-refractivity contribution in [1.82, 2.24) is 0 Å². The van der Waals surface area contributed by atoms with E-state index in [2.05, 4.69) is 6.58 Å². The first-order chi connectivity index (χ1) is 15.7. The van der Waals surface area contributed by atoms with Gasteiger partial charge in [-0.25, -0.2) is 4.39 Å². The van der Waals surface area contributed by atoms with Crippen molar-refractivity contribution in [3.63, 3.8) is 0 Å². The molecule has 1 saturated carbocycles. The molecule has 0 amide bonds. The fraction of sp³-hybridized carbons (Fsp3) is 0.895. The Morgan fingerprint density at radius 3 is 2.12 bits per heavy atom. The van der Waals surface area contributed by atoms with Crippen LogP contribution in [-0.2, 0) is 18.8 Å². The van der Waals surface area contributed by atoms with E-state index in [1.807, 2.05) is 0 Å². The van der Waals surface area contributed by atoms with Gasteiger partial charge in [-0.1, -0.05) is 12.2 Å². The van der Waals surface area contributed by atoms with Crippen LogP contribution in [0.15, 0.2) is 12.2 Å². The number of aliphatic hydroxyl groups excluding tert-OH is 5.